The molecule has 0 saturated heterocycles. The van der Waals surface area contributed by atoms with Crippen molar-refractivity contribution in [2.24, 2.45) is 0 Å². The van der Waals surface area contributed by atoms with Crippen molar-refractivity contribution >= 4 is 17.3 Å². The van der Waals surface area contributed by atoms with Crippen molar-refractivity contribution < 1.29 is 36.9 Å². The fraction of sp³-hybridized carbons (Fsp3) is 0.333. The number of carboxylic acids is 1. The fourth-order valence-corrected chi connectivity index (χ4v) is 4.22. The smallest absolute Gasteiger partial charge is 0.419 e. The highest BCUT2D eigenvalue weighted by molar-refractivity contribution is 7.15. The number of rotatable bonds is 7. The van der Waals surface area contributed by atoms with Crippen LogP contribution >= 0.6 is 11.3 Å². The topological polar surface area (TPSA) is 68.7 Å². The third-order valence-corrected chi connectivity index (χ3v) is 6.43. The Morgan fingerprint density at radius 1 is 1.12 bits per heavy atom. The molecule has 1 aromatic heterocycles. The van der Waals surface area contributed by atoms with Crippen LogP contribution in [0, 0.1) is 19.7 Å². The first-order chi connectivity index (χ1) is 15.7. The summed E-state index contributed by atoms with van der Waals surface area (Å²) in [5.41, 5.74) is -1.17. The van der Waals surface area contributed by atoms with E-state index in [1.807, 2.05) is 0 Å². The summed E-state index contributed by atoms with van der Waals surface area (Å²) in [4.78, 5) is 16.4. The van der Waals surface area contributed by atoms with E-state index >= 15 is 0 Å². The molecule has 34 heavy (non-hydrogen) atoms. The lowest BCUT2D eigenvalue weighted by Crippen LogP contribution is -2.38. The van der Waals surface area contributed by atoms with E-state index in [1.165, 1.54) is 31.3 Å². The zero-order valence-corrected chi connectivity index (χ0v) is 19.9. The van der Waals surface area contributed by atoms with Crippen molar-refractivity contribution in [3.8, 4) is 22.1 Å². The van der Waals surface area contributed by atoms with Crippen LogP contribution in [0.3, 0.4) is 0 Å². The summed E-state index contributed by atoms with van der Waals surface area (Å²) in [5.74, 6) is -1.52. The van der Waals surface area contributed by atoms with E-state index in [4.69, 9.17) is 9.47 Å². The molecule has 1 atom stereocenters. The maximum Gasteiger partial charge on any atom is 0.419 e. The number of hydrogen-bond acceptors (Lipinski definition) is 5. The molecule has 0 amide bonds. The van der Waals surface area contributed by atoms with Crippen LogP contribution in [-0.2, 0) is 11.0 Å². The molecule has 3 aromatic rings. The minimum absolute atomic E-state index is 0.246. The standard InChI is InChI=1S/C24H23F4NO4S/c1-12-10-16(7-9-19(12)33-23(4,5)22(30)31)32-14(3)20-13(2)29-21(34-20)15-6-8-17(18(25)11-15)24(26,27)28/h6-11,14H,1-5H3,(H,30,31). The molecule has 0 radical (unpaired) electrons. The van der Waals surface area contributed by atoms with Crippen LogP contribution in [0.25, 0.3) is 10.6 Å². The summed E-state index contributed by atoms with van der Waals surface area (Å²) in [6.07, 6.45) is -5.22. The van der Waals surface area contributed by atoms with Crippen LogP contribution < -0.4 is 9.47 Å². The number of aromatic nitrogens is 1. The lowest BCUT2D eigenvalue weighted by molar-refractivity contribution is -0.152. The Morgan fingerprint density at radius 2 is 1.79 bits per heavy atom. The van der Waals surface area contributed by atoms with Gasteiger partial charge in [0.05, 0.1) is 16.1 Å². The minimum atomic E-state index is -4.77. The largest absolute Gasteiger partial charge is 0.485 e. The molecule has 5 nitrogen and oxygen atoms in total. The van der Waals surface area contributed by atoms with Gasteiger partial charge in [-0.3, -0.25) is 0 Å². The summed E-state index contributed by atoms with van der Waals surface area (Å²) in [6.45, 7) is 8.21. The summed E-state index contributed by atoms with van der Waals surface area (Å²) < 4.78 is 64.1. The van der Waals surface area contributed by atoms with Gasteiger partial charge in [0.25, 0.3) is 0 Å². The zero-order chi connectivity index (χ0) is 25.4. The van der Waals surface area contributed by atoms with Gasteiger partial charge < -0.3 is 14.6 Å². The maximum atomic E-state index is 14.0. The molecule has 0 bridgehead atoms. The van der Waals surface area contributed by atoms with E-state index < -0.39 is 35.2 Å². The zero-order valence-electron chi connectivity index (χ0n) is 19.1. The Kier molecular flexibility index (Phi) is 6.93. The van der Waals surface area contributed by atoms with Gasteiger partial charge in [0, 0.05) is 5.56 Å². The van der Waals surface area contributed by atoms with E-state index in [9.17, 15) is 27.5 Å². The third kappa shape index (κ3) is 5.49. The molecule has 1 N–H and O–H groups in total. The highest BCUT2D eigenvalue weighted by Crippen LogP contribution is 2.37. The molecular formula is C24H23F4NO4S. The normalized spacial score (nSPS) is 13.0. The number of alkyl halides is 3. The molecule has 1 heterocycles. The molecule has 0 fully saturated rings. The van der Waals surface area contributed by atoms with Crippen LogP contribution in [0.5, 0.6) is 11.5 Å². The molecular weight excluding hydrogens is 474 g/mol. The second kappa shape index (κ2) is 9.25. The number of carboxylic acid groups (broad SMARTS) is 1. The van der Waals surface area contributed by atoms with Crippen molar-refractivity contribution in [2.45, 2.75) is 52.5 Å². The van der Waals surface area contributed by atoms with Gasteiger partial charge >= 0.3 is 12.1 Å². The summed E-state index contributed by atoms with van der Waals surface area (Å²) >= 11 is 1.21. The Labute approximate surface area is 198 Å². The van der Waals surface area contributed by atoms with Gasteiger partial charge in [0.1, 0.15) is 28.4 Å². The third-order valence-electron chi connectivity index (χ3n) is 5.06. The number of aliphatic carboxylic acids is 1. The van der Waals surface area contributed by atoms with E-state index in [2.05, 4.69) is 4.98 Å². The minimum Gasteiger partial charge on any atom is -0.485 e. The van der Waals surface area contributed by atoms with E-state index in [1.54, 1.807) is 39.0 Å². The summed E-state index contributed by atoms with van der Waals surface area (Å²) in [7, 11) is 0. The maximum absolute atomic E-state index is 14.0. The lowest BCUT2D eigenvalue weighted by atomic mass is 10.1. The molecule has 3 rings (SSSR count). The van der Waals surface area contributed by atoms with Crippen LogP contribution in [0.2, 0.25) is 0 Å². The van der Waals surface area contributed by atoms with Crippen LogP contribution in [0.1, 0.15) is 48.6 Å². The Morgan fingerprint density at radius 3 is 2.35 bits per heavy atom. The number of benzene rings is 2. The molecule has 0 aliphatic carbocycles. The van der Waals surface area contributed by atoms with Gasteiger partial charge in [-0.25, -0.2) is 14.2 Å². The molecule has 2 aromatic carbocycles. The summed E-state index contributed by atoms with van der Waals surface area (Å²) in [5, 5.41) is 9.62. The predicted molar refractivity (Wildman–Crippen MR) is 120 cm³/mol. The molecule has 0 aliphatic heterocycles. The molecule has 10 heteroatoms. The Hall–Kier alpha value is -3.14. The SMILES string of the molecule is Cc1cc(OC(C)c2sc(-c3ccc(C(F)(F)F)c(F)c3)nc2C)ccc1OC(C)(C)C(=O)O. The Bertz CT molecular complexity index is 1220. The van der Waals surface area contributed by atoms with Gasteiger partial charge in [0.2, 0.25) is 0 Å². The molecule has 1 unspecified atom stereocenters. The quantitative estimate of drug-likeness (QED) is 0.357. The number of hydrogen-bond donors (Lipinski definition) is 1. The van der Waals surface area contributed by atoms with Crippen LogP contribution in [0.15, 0.2) is 36.4 Å². The van der Waals surface area contributed by atoms with Gasteiger partial charge in [-0.1, -0.05) is 6.07 Å². The lowest BCUT2D eigenvalue weighted by Gasteiger charge is -2.23. The monoisotopic (exact) mass is 497 g/mol. The van der Waals surface area contributed by atoms with E-state index in [0.29, 0.717) is 33.8 Å². The van der Waals surface area contributed by atoms with Crippen molar-refractivity contribution in [1.29, 1.82) is 0 Å². The average Bonchev–Trinajstić information content (AvgIpc) is 3.10. The molecule has 0 spiro atoms. The predicted octanol–water partition coefficient (Wildman–Crippen LogP) is 6.97. The number of halogens is 4. The van der Waals surface area contributed by atoms with Crippen molar-refractivity contribution in [1.82, 2.24) is 4.98 Å². The number of ether oxygens (including phenoxy) is 2. The Balaban J connectivity index is 1.79. The van der Waals surface area contributed by atoms with E-state index in [0.717, 1.165) is 10.9 Å². The van der Waals surface area contributed by atoms with Crippen molar-refractivity contribution in [3.05, 3.63) is 63.9 Å². The second-order valence-corrected chi connectivity index (χ2v) is 9.30. The number of nitrogens with zero attached hydrogens (tertiary/aromatic N) is 1. The highest BCUT2D eigenvalue weighted by Gasteiger charge is 2.34. The molecule has 182 valence electrons. The van der Waals surface area contributed by atoms with Gasteiger partial charge in [0.15, 0.2) is 5.60 Å². The first-order valence-corrected chi connectivity index (χ1v) is 11.0. The molecule has 0 saturated carbocycles. The number of thiazole rings is 1. The number of aryl methyl sites for hydroxylation is 2. The molecule has 0 aliphatic rings. The van der Waals surface area contributed by atoms with Gasteiger partial charge in [-0.2, -0.15) is 13.2 Å². The first kappa shape index (κ1) is 25.5. The van der Waals surface area contributed by atoms with Crippen LogP contribution in [-0.4, -0.2) is 21.7 Å². The van der Waals surface area contributed by atoms with Crippen LogP contribution in [0.4, 0.5) is 17.6 Å². The summed E-state index contributed by atoms with van der Waals surface area (Å²) in [6, 6.07) is 7.72. The van der Waals surface area contributed by atoms with Gasteiger partial charge in [-0.05, 0) is 70.5 Å². The highest BCUT2D eigenvalue weighted by atomic mass is 32.1. The number of carbonyl (C=O) groups is 1. The second-order valence-electron chi connectivity index (χ2n) is 8.27. The first-order valence-electron chi connectivity index (χ1n) is 10.2. The van der Waals surface area contributed by atoms with Crippen molar-refractivity contribution in [2.75, 3.05) is 0 Å². The average molecular weight is 498 g/mol. The van der Waals surface area contributed by atoms with Gasteiger partial charge in [-0.15, -0.1) is 11.3 Å². The van der Waals surface area contributed by atoms with E-state index in [-0.39, 0.29) is 5.56 Å². The fourth-order valence-electron chi connectivity index (χ4n) is 3.17. The van der Waals surface area contributed by atoms with Crippen molar-refractivity contribution in [3.63, 3.8) is 0 Å².